The number of hydrogen-bond acceptors (Lipinski definition) is 2. The molecule has 0 spiro atoms. The third-order valence-electron chi connectivity index (χ3n) is 2.79. The van der Waals surface area contributed by atoms with Crippen molar-refractivity contribution < 1.29 is 14.3 Å². The lowest BCUT2D eigenvalue weighted by Gasteiger charge is -2.14. The molecule has 104 valence electrons. The first-order valence-corrected chi connectivity index (χ1v) is 6.43. The van der Waals surface area contributed by atoms with Gasteiger partial charge in [-0.3, -0.25) is 4.79 Å². The maximum Gasteiger partial charge on any atom is 0.246 e. The molecule has 0 aliphatic rings. The molecule has 1 aromatic carbocycles. The van der Waals surface area contributed by atoms with Crippen LogP contribution in [0.25, 0.3) is 6.08 Å². The molecule has 1 aromatic rings. The van der Waals surface area contributed by atoms with E-state index in [1.54, 1.807) is 30.2 Å². The highest BCUT2D eigenvalue weighted by Crippen LogP contribution is 2.06. The number of carbonyl (C=O) groups excluding carboxylic acids is 1. The van der Waals surface area contributed by atoms with Crippen molar-refractivity contribution in [3.63, 3.8) is 0 Å². The molecular formula is C15H20FNO2. The van der Waals surface area contributed by atoms with E-state index in [2.05, 4.69) is 0 Å². The van der Waals surface area contributed by atoms with Gasteiger partial charge in [-0.15, -0.1) is 0 Å². The predicted molar refractivity (Wildman–Crippen MR) is 74.0 cm³/mol. The summed E-state index contributed by atoms with van der Waals surface area (Å²) in [6.45, 7) is 0.851. The van der Waals surface area contributed by atoms with E-state index < -0.39 is 0 Å². The van der Waals surface area contributed by atoms with Crippen molar-refractivity contribution in [3.8, 4) is 0 Å². The van der Waals surface area contributed by atoms with E-state index in [0.717, 1.165) is 19.3 Å². The number of benzene rings is 1. The van der Waals surface area contributed by atoms with Crippen LogP contribution in [0.3, 0.4) is 0 Å². The highest BCUT2D eigenvalue weighted by molar-refractivity contribution is 5.91. The number of hydrogen-bond donors (Lipinski definition) is 1. The topological polar surface area (TPSA) is 40.5 Å². The summed E-state index contributed by atoms with van der Waals surface area (Å²) in [5.41, 5.74) is 0.669. The number of rotatable bonds is 7. The standard InChI is InChI=1S/C15H20FNO2/c1-17(10-3-2-4-11-18)15(19)9-8-13-6-5-7-14(16)12-13/h5-9,12,18H,2-4,10-11H2,1H3/b9-8+. The molecule has 19 heavy (non-hydrogen) atoms. The number of unbranched alkanes of at least 4 members (excludes halogenated alkanes) is 2. The van der Waals surface area contributed by atoms with Crippen molar-refractivity contribution in [2.24, 2.45) is 0 Å². The van der Waals surface area contributed by atoms with Crippen LogP contribution in [0.4, 0.5) is 4.39 Å². The Morgan fingerprint density at radius 2 is 2.16 bits per heavy atom. The minimum absolute atomic E-state index is 0.103. The Morgan fingerprint density at radius 3 is 2.84 bits per heavy atom. The molecule has 0 bridgehead atoms. The van der Waals surface area contributed by atoms with Crippen LogP contribution in [-0.2, 0) is 4.79 Å². The van der Waals surface area contributed by atoms with Crippen molar-refractivity contribution in [1.82, 2.24) is 4.90 Å². The van der Waals surface area contributed by atoms with Crippen molar-refractivity contribution in [2.45, 2.75) is 19.3 Å². The van der Waals surface area contributed by atoms with Crippen LogP contribution in [0.5, 0.6) is 0 Å². The van der Waals surface area contributed by atoms with Gasteiger partial charge in [-0.1, -0.05) is 12.1 Å². The average Bonchev–Trinajstić information content (AvgIpc) is 2.41. The molecule has 0 atom stereocenters. The Hall–Kier alpha value is -1.68. The molecule has 1 rings (SSSR count). The van der Waals surface area contributed by atoms with Gasteiger partial charge in [0.05, 0.1) is 0 Å². The fourth-order valence-electron chi connectivity index (χ4n) is 1.65. The molecule has 1 amide bonds. The van der Waals surface area contributed by atoms with Crippen LogP contribution in [0.1, 0.15) is 24.8 Å². The van der Waals surface area contributed by atoms with E-state index in [1.807, 2.05) is 0 Å². The van der Waals surface area contributed by atoms with Gasteiger partial charge in [-0.05, 0) is 43.0 Å². The van der Waals surface area contributed by atoms with E-state index in [-0.39, 0.29) is 18.3 Å². The Morgan fingerprint density at radius 1 is 1.37 bits per heavy atom. The molecule has 0 saturated heterocycles. The maximum absolute atomic E-state index is 12.9. The van der Waals surface area contributed by atoms with E-state index >= 15 is 0 Å². The summed E-state index contributed by atoms with van der Waals surface area (Å²) in [4.78, 5) is 13.4. The quantitative estimate of drug-likeness (QED) is 0.607. The van der Waals surface area contributed by atoms with Gasteiger partial charge in [0.15, 0.2) is 0 Å². The predicted octanol–water partition coefficient (Wildman–Crippen LogP) is 2.46. The van der Waals surface area contributed by atoms with E-state index in [1.165, 1.54) is 18.2 Å². The van der Waals surface area contributed by atoms with Gasteiger partial charge in [0.25, 0.3) is 0 Å². The molecule has 0 aromatic heterocycles. The minimum Gasteiger partial charge on any atom is -0.396 e. The van der Waals surface area contributed by atoms with Gasteiger partial charge in [-0.25, -0.2) is 4.39 Å². The first-order chi connectivity index (χ1) is 9.13. The van der Waals surface area contributed by atoms with Gasteiger partial charge in [0.1, 0.15) is 5.82 Å². The lowest BCUT2D eigenvalue weighted by atomic mass is 10.2. The second-order valence-electron chi connectivity index (χ2n) is 4.43. The van der Waals surface area contributed by atoms with Gasteiger partial charge in [-0.2, -0.15) is 0 Å². The van der Waals surface area contributed by atoms with Crippen LogP contribution in [0.15, 0.2) is 30.3 Å². The van der Waals surface area contributed by atoms with Gasteiger partial charge in [0.2, 0.25) is 5.91 Å². The molecule has 3 nitrogen and oxygen atoms in total. The molecule has 0 unspecified atom stereocenters. The first kappa shape index (κ1) is 15.4. The largest absolute Gasteiger partial charge is 0.396 e. The lowest BCUT2D eigenvalue weighted by molar-refractivity contribution is -0.124. The smallest absolute Gasteiger partial charge is 0.246 e. The number of nitrogens with zero attached hydrogens (tertiary/aromatic N) is 1. The lowest BCUT2D eigenvalue weighted by Crippen LogP contribution is -2.25. The number of aliphatic hydroxyl groups is 1. The second-order valence-corrected chi connectivity index (χ2v) is 4.43. The zero-order valence-corrected chi connectivity index (χ0v) is 11.2. The number of carbonyl (C=O) groups is 1. The van der Waals surface area contributed by atoms with Gasteiger partial charge < -0.3 is 10.0 Å². The highest BCUT2D eigenvalue weighted by Gasteiger charge is 2.03. The van der Waals surface area contributed by atoms with Gasteiger partial charge >= 0.3 is 0 Å². The SMILES string of the molecule is CN(CCCCCO)C(=O)/C=C/c1cccc(F)c1. The fraction of sp³-hybridized carbons (Fsp3) is 0.400. The molecule has 0 aliphatic heterocycles. The van der Waals surface area contributed by atoms with Crippen LogP contribution in [0, 0.1) is 5.82 Å². The molecule has 0 heterocycles. The van der Waals surface area contributed by atoms with E-state index in [0.29, 0.717) is 12.1 Å². The molecular weight excluding hydrogens is 245 g/mol. The Bertz CT molecular complexity index is 432. The third-order valence-corrected chi connectivity index (χ3v) is 2.79. The third kappa shape index (κ3) is 6.15. The molecule has 0 saturated carbocycles. The second kappa shape index (κ2) is 8.43. The molecule has 0 radical (unpaired) electrons. The normalized spacial score (nSPS) is 10.9. The zero-order valence-electron chi connectivity index (χ0n) is 11.2. The Balaban J connectivity index is 2.41. The molecule has 4 heteroatoms. The van der Waals surface area contributed by atoms with E-state index in [4.69, 9.17) is 5.11 Å². The van der Waals surface area contributed by atoms with Crippen molar-refractivity contribution in [3.05, 3.63) is 41.7 Å². The Kier molecular flexibility index (Phi) is 6.82. The van der Waals surface area contributed by atoms with Crippen LogP contribution in [-0.4, -0.2) is 36.1 Å². The van der Waals surface area contributed by atoms with Crippen molar-refractivity contribution in [2.75, 3.05) is 20.2 Å². The van der Waals surface area contributed by atoms with Crippen molar-refractivity contribution >= 4 is 12.0 Å². The summed E-state index contributed by atoms with van der Waals surface area (Å²) in [5, 5.41) is 8.65. The van der Waals surface area contributed by atoms with Gasteiger partial charge in [0, 0.05) is 26.3 Å². The summed E-state index contributed by atoms with van der Waals surface area (Å²) >= 11 is 0. The number of likely N-dealkylation sites (N-methyl/N-ethyl adjacent to an activating group) is 1. The molecule has 1 N–H and O–H groups in total. The summed E-state index contributed by atoms with van der Waals surface area (Å²) in [7, 11) is 1.73. The zero-order chi connectivity index (χ0) is 14.1. The minimum atomic E-state index is -0.313. The number of halogens is 1. The maximum atomic E-state index is 12.9. The summed E-state index contributed by atoms with van der Waals surface area (Å²) in [5.74, 6) is -0.416. The summed E-state index contributed by atoms with van der Waals surface area (Å²) in [6, 6.07) is 6.10. The van der Waals surface area contributed by atoms with Crippen molar-refractivity contribution in [1.29, 1.82) is 0 Å². The molecule has 0 fully saturated rings. The molecule has 0 aliphatic carbocycles. The monoisotopic (exact) mass is 265 g/mol. The summed E-state index contributed by atoms with van der Waals surface area (Å²) in [6.07, 6.45) is 5.59. The summed E-state index contributed by atoms with van der Waals surface area (Å²) < 4.78 is 12.9. The number of aliphatic hydroxyl groups excluding tert-OH is 1. The number of amides is 1. The highest BCUT2D eigenvalue weighted by atomic mass is 19.1. The van der Waals surface area contributed by atoms with Crippen LogP contribution >= 0.6 is 0 Å². The van der Waals surface area contributed by atoms with E-state index in [9.17, 15) is 9.18 Å². The fourth-order valence-corrected chi connectivity index (χ4v) is 1.65. The average molecular weight is 265 g/mol. The van der Waals surface area contributed by atoms with Crippen LogP contribution < -0.4 is 0 Å². The first-order valence-electron chi connectivity index (χ1n) is 6.43. The Labute approximate surface area is 113 Å². The van der Waals surface area contributed by atoms with Crippen LogP contribution in [0.2, 0.25) is 0 Å².